The zero-order chi connectivity index (χ0) is 13.3. The molecule has 1 saturated carbocycles. The molecule has 0 saturated heterocycles. The zero-order valence-electron chi connectivity index (χ0n) is 12.7. The van der Waals surface area contributed by atoms with Gasteiger partial charge in [-0.1, -0.05) is 41.5 Å². The van der Waals surface area contributed by atoms with E-state index < -0.39 is 0 Å². The molecule has 0 aromatic rings. The fourth-order valence-corrected chi connectivity index (χ4v) is 3.43. The first-order chi connectivity index (χ1) is 7.71. The van der Waals surface area contributed by atoms with Crippen molar-refractivity contribution in [3.63, 3.8) is 0 Å². The Hall–Kier alpha value is -0.0800. The molecular weight excluding hydrogens is 208 g/mol. The van der Waals surface area contributed by atoms with E-state index in [9.17, 15) is 0 Å². The van der Waals surface area contributed by atoms with Gasteiger partial charge >= 0.3 is 0 Å². The van der Waals surface area contributed by atoms with Crippen LogP contribution in [0.15, 0.2) is 0 Å². The summed E-state index contributed by atoms with van der Waals surface area (Å²) in [7, 11) is 0. The lowest BCUT2D eigenvalue weighted by molar-refractivity contribution is 0.115. The van der Waals surface area contributed by atoms with Crippen molar-refractivity contribution in [3.05, 3.63) is 0 Å². The van der Waals surface area contributed by atoms with Gasteiger partial charge in [-0.05, 0) is 42.7 Å². The summed E-state index contributed by atoms with van der Waals surface area (Å²) in [5.74, 6) is 0.818. The Morgan fingerprint density at radius 3 is 2.24 bits per heavy atom. The van der Waals surface area contributed by atoms with Crippen molar-refractivity contribution in [2.24, 2.45) is 22.5 Å². The standard InChI is InChI=1S/C15H32N2/c1-7-17(11-15(5,6)10-16)13-9-14(3,4)8-12(13)2/h12-13H,7-11,16H2,1-6H3. The first-order valence-corrected chi connectivity index (χ1v) is 7.15. The number of nitrogens with two attached hydrogens (primary N) is 1. The van der Waals surface area contributed by atoms with Gasteiger partial charge in [0.05, 0.1) is 0 Å². The second-order valence-corrected chi connectivity index (χ2v) is 7.55. The number of nitrogens with zero attached hydrogens (tertiary/aromatic N) is 1. The van der Waals surface area contributed by atoms with E-state index in [-0.39, 0.29) is 5.41 Å². The molecule has 17 heavy (non-hydrogen) atoms. The molecule has 0 bridgehead atoms. The van der Waals surface area contributed by atoms with Crippen LogP contribution >= 0.6 is 0 Å². The van der Waals surface area contributed by atoms with Crippen molar-refractivity contribution in [2.45, 2.75) is 60.4 Å². The second-order valence-electron chi connectivity index (χ2n) is 7.55. The third kappa shape index (κ3) is 3.96. The van der Waals surface area contributed by atoms with Gasteiger partial charge in [0.15, 0.2) is 0 Å². The second kappa shape index (κ2) is 5.27. The molecule has 1 fully saturated rings. The maximum atomic E-state index is 5.87. The van der Waals surface area contributed by atoms with E-state index >= 15 is 0 Å². The van der Waals surface area contributed by atoms with Crippen molar-refractivity contribution < 1.29 is 0 Å². The van der Waals surface area contributed by atoms with Crippen LogP contribution in [0.4, 0.5) is 0 Å². The van der Waals surface area contributed by atoms with Crippen LogP contribution in [0, 0.1) is 16.7 Å². The molecule has 2 atom stereocenters. The van der Waals surface area contributed by atoms with Gasteiger partial charge in [0.25, 0.3) is 0 Å². The molecule has 0 aromatic heterocycles. The molecule has 0 aliphatic heterocycles. The predicted molar refractivity (Wildman–Crippen MR) is 76.0 cm³/mol. The topological polar surface area (TPSA) is 29.3 Å². The first-order valence-electron chi connectivity index (χ1n) is 7.15. The summed E-state index contributed by atoms with van der Waals surface area (Å²) >= 11 is 0. The predicted octanol–water partition coefficient (Wildman–Crippen LogP) is 3.12. The summed E-state index contributed by atoms with van der Waals surface area (Å²) in [6, 6.07) is 0.751. The summed E-state index contributed by atoms with van der Waals surface area (Å²) < 4.78 is 0. The normalized spacial score (nSPS) is 28.9. The molecule has 0 heterocycles. The van der Waals surface area contributed by atoms with Crippen LogP contribution in [-0.4, -0.2) is 30.6 Å². The van der Waals surface area contributed by atoms with E-state index in [0.717, 1.165) is 31.6 Å². The summed E-state index contributed by atoms with van der Waals surface area (Å²) in [4.78, 5) is 2.66. The van der Waals surface area contributed by atoms with Crippen LogP contribution < -0.4 is 5.73 Å². The minimum atomic E-state index is 0.239. The molecular formula is C15H32N2. The Kier molecular flexibility index (Phi) is 4.65. The fourth-order valence-electron chi connectivity index (χ4n) is 3.43. The van der Waals surface area contributed by atoms with Gasteiger partial charge in [-0.3, -0.25) is 4.90 Å². The number of rotatable bonds is 5. The van der Waals surface area contributed by atoms with Crippen molar-refractivity contribution in [3.8, 4) is 0 Å². The monoisotopic (exact) mass is 240 g/mol. The Morgan fingerprint density at radius 1 is 1.29 bits per heavy atom. The molecule has 1 aliphatic carbocycles. The van der Waals surface area contributed by atoms with Crippen molar-refractivity contribution in [1.82, 2.24) is 4.90 Å². The van der Waals surface area contributed by atoms with E-state index in [1.807, 2.05) is 0 Å². The summed E-state index contributed by atoms with van der Waals surface area (Å²) in [5, 5.41) is 0. The van der Waals surface area contributed by atoms with Gasteiger partial charge in [-0.25, -0.2) is 0 Å². The highest BCUT2D eigenvalue weighted by Crippen LogP contribution is 2.43. The van der Waals surface area contributed by atoms with E-state index in [1.165, 1.54) is 12.8 Å². The molecule has 2 heteroatoms. The van der Waals surface area contributed by atoms with E-state index in [2.05, 4.69) is 46.4 Å². The van der Waals surface area contributed by atoms with Gasteiger partial charge in [-0.15, -0.1) is 0 Å². The maximum Gasteiger partial charge on any atom is 0.0126 e. The van der Waals surface area contributed by atoms with Gasteiger partial charge in [0.2, 0.25) is 0 Å². The molecule has 1 rings (SSSR count). The van der Waals surface area contributed by atoms with Crippen LogP contribution in [0.25, 0.3) is 0 Å². The largest absolute Gasteiger partial charge is 0.330 e. The van der Waals surface area contributed by atoms with Crippen LogP contribution in [0.3, 0.4) is 0 Å². The highest BCUT2D eigenvalue weighted by atomic mass is 15.2. The molecule has 0 radical (unpaired) electrons. The smallest absolute Gasteiger partial charge is 0.0126 e. The van der Waals surface area contributed by atoms with Gasteiger partial charge in [0, 0.05) is 12.6 Å². The fraction of sp³-hybridized carbons (Fsp3) is 1.00. The van der Waals surface area contributed by atoms with Crippen LogP contribution in [0.5, 0.6) is 0 Å². The SMILES string of the molecule is CCN(CC(C)(C)CN)C1CC(C)(C)CC1C. The molecule has 2 N–H and O–H groups in total. The summed E-state index contributed by atoms with van der Waals surface area (Å²) in [6.45, 7) is 17.1. The van der Waals surface area contributed by atoms with Gasteiger partial charge < -0.3 is 5.73 Å². The van der Waals surface area contributed by atoms with E-state index in [1.54, 1.807) is 0 Å². The Balaban J connectivity index is 2.69. The van der Waals surface area contributed by atoms with Crippen LogP contribution in [-0.2, 0) is 0 Å². The quantitative estimate of drug-likeness (QED) is 0.800. The van der Waals surface area contributed by atoms with Crippen LogP contribution in [0.1, 0.15) is 54.4 Å². The number of hydrogen-bond acceptors (Lipinski definition) is 2. The molecule has 0 spiro atoms. The average molecular weight is 240 g/mol. The average Bonchev–Trinajstić information content (AvgIpc) is 2.49. The van der Waals surface area contributed by atoms with Crippen LogP contribution in [0.2, 0.25) is 0 Å². The molecule has 102 valence electrons. The molecule has 2 unspecified atom stereocenters. The Bertz CT molecular complexity index is 245. The van der Waals surface area contributed by atoms with E-state index in [0.29, 0.717) is 5.41 Å². The zero-order valence-corrected chi connectivity index (χ0v) is 12.7. The highest BCUT2D eigenvalue weighted by molar-refractivity contribution is 4.93. The lowest BCUT2D eigenvalue weighted by Gasteiger charge is -2.37. The van der Waals surface area contributed by atoms with Gasteiger partial charge in [0.1, 0.15) is 0 Å². The van der Waals surface area contributed by atoms with Crippen molar-refractivity contribution in [1.29, 1.82) is 0 Å². The number of hydrogen-bond donors (Lipinski definition) is 1. The Labute approximate surface area is 108 Å². The molecule has 1 aliphatic rings. The summed E-state index contributed by atoms with van der Waals surface area (Å²) in [6.07, 6.45) is 2.69. The van der Waals surface area contributed by atoms with Crippen molar-refractivity contribution >= 4 is 0 Å². The van der Waals surface area contributed by atoms with Crippen molar-refractivity contribution in [2.75, 3.05) is 19.6 Å². The first kappa shape index (κ1) is 15.0. The third-order valence-electron chi connectivity index (χ3n) is 4.35. The third-order valence-corrected chi connectivity index (χ3v) is 4.35. The van der Waals surface area contributed by atoms with E-state index in [4.69, 9.17) is 5.73 Å². The molecule has 2 nitrogen and oxygen atoms in total. The molecule has 0 aromatic carbocycles. The Morgan fingerprint density at radius 2 is 1.88 bits per heavy atom. The lowest BCUT2D eigenvalue weighted by atomic mass is 9.90. The molecule has 0 amide bonds. The highest BCUT2D eigenvalue weighted by Gasteiger charge is 2.40. The lowest BCUT2D eigenvalue weighted by Crippen LogP contribution is -2.45. The minimum absolute atomic E-state index is 0.239. The maximum absolute atomic E-state index is 5.87. The van der Waals surface area contributed by atoms with Gasteiger partial charge in [-0.2, -0.15) is 0 Å². The minimum Gasteiger partial charge on any atom is -0.330 e. The summed E-state index contributed by atoms with van der Waals surface area (Å²) in [5.41, 5.74) is 6.63.